The average molecular weight is 282 g/mol. The van der Waals surface area contributed by atoms with Crippen LogP contribution in [0.3, 0.4) is 0 Å². The van der Waals surface area contributed by atoms with Crippen molar-refractivity contribution in [1.29, 1.82) is 5.26 Å². The van der Waals surface area contributed by atoms with Crippen LogP contribution in [0, 0.1) is 11.3 Å². The third-order valence-electron chi connectivity index (χ3n) is 3.38. The molecule has 0 atom stereocenters. The second kappa shape index (κ2) is 5.67. The summed E-state index contributed by atoms with van der Waals surface area (Å²) in [5, 5.41) is 13.0. The number of carbonyl (C=O) groups excluding carboxylic acids is 1. The number of ether oxygens (including phenoxy) is 1. The van der Waals surface area contributed by atoms with E-state index in [9.17, 15) is 4.79 Å². The number of rotatable bonds is 2. The molecule has 0 fully saturated rings. The van der Waals surface area contributed by atoms with Gasteiger partial charge in [0.2, 0.25) is 0 Å². The molecule has 0 saturated carbocycles. The van der Waals surface area contributed by atoms with Crippen molar-refractivity contribution >= 4 is 6.09 Å². The maximum absolute atomic E-state index is 12.1. The van der Waals surface area contributed by atoms with Gasteiger partial charge in [-0.3, -0.25) is 4.68 Å². The fourth-order valence-electron chi connectivity index (χ4n) is 2.29. The van der Waals surface area contributed by atoms with E-state index in [1.807, 2.05) is 36.4 Å². The molecule has 0 aliphatic carbocycles. The molecular weight excluding hydrogens is 268 g/mol. The summed E-state index contributed by atoms with van der Waals surface area (Å²) in [6.45, 7) is 1.80. The molecule has 1 aromatic carbocycles. The number of amides is 1. The Labute approximate surface area is 122 Å². The number of hydrogen-bond donors (Lipinski definition) is 0. The Bertz CT molecular complexity index is 687. The van der Waals surface area contributed by atoms with Crippen LogP contribution in [0.25, 0.3) is 0 Å². The number of nitrogens with zero attached hydrogens (tertiary/aromatic N) is 4. The fraction of sp³-hybridized carbons (Fsp3) is 0.267. The van der Waals surface area contributed by atoms with Crippen LogP contribution in [-0.4, -0.2) is 27.3 Å². The maximum atomic E-state index is 12.1. The quantitative estimate of drug-likeness (QED) is 0.843. The first-order chi connectivity index (χ1) is 10.3. The summed E-state index contributed by atoms with van der Waals surface area (Å²) in [5.74, 6) is 0. The second-order valence-corrected chi connectivity index (χ2v) is 4.82. The molecule has 2 heterocycles. The van der Waals surface area contributed by atoms with Gasteiger partial charge in [0.1, 0.15) is 12.7 Å². The van der Waals surface area contributed by atoms with Crippen molar-refractivity contribution in [3.8, 4) is 6.07 Å². The molecule has 106 valence electrons. The minimum absolute atomic E-state index is 0.263. The van der Waals surface area contributed by atoms with Gasteiger partial charge in [0.05, 0.1) is 18.8 Å². The largest absolute Gasteiger partial charge is 0.445 e. The average Bonchev–Trinajstić information content (AvgIpc) is 2.95. The summed E-state index contributed by atoms with van der Waals surface area (Å²) in [5.41, 5.74) is 2.19. The van der Waals surface area contributed by atoms with Crippen molar-refractivity contribution in [3.05, 3.63) is 53.3 Å². The van der Waals surface area contributed by atoms with Crippen LogP contribution in [0.15, 0.2) is 36.4 Å². The Morgan fingerprint density at radius 1 is 1.33 bits per heavy atom. The Morgan fingerprint density at radius 3 is 2.90 bits per heavy atom. The Morgan fingerprint density at radius 2 is 2.14 bits per heavy atom. The molecule has 6 nitrogen and oxygen atoms in total. The topological polar surface area (TPSA) is 71.2 Å². The van der Waals surface area contributed by atoms with Gasteiger partial charge in [-0.05, 0) is 11.6 Å². The smallest absolute Gasteiger partial charge is 0.410 e. The van der Waals surface area contributed by atoms with Gasteiger partial charge in [-0.25, -0.2) is 4.79 Å². The van der Waals surface area contributed by atoms with E-state index in [2.05, 4.69) is 5.10 Å². The number of aromatic nitrogens is 2. The molecule has 2 aromatic rings. The molecule has 1 amide bonds. The van der Waals surface area contributed by atoms with Gasteiger partial charge in [0.25, 0.3) is 0 Å². The highest BCUT2D eigenvalue weighted by Crippen LogP contribution is 2.14. The molecule has 0 spiro atoms. The minimum atomic E-state index is -0.343. The first kappa shape index (κ1) is 13.2. The third-order valence-corrected chi connectivity index (χ3v) is 3.38. The van der Waals surface area contributed by atoms with E-state index >= 15 is 0 Å². The van der Waals surface area contributed by atoms with Gasteiger partial charge in [0.15, 0.2) is 5.69 Å². The summed E-state index contributed by atoms with van der Waals surface area (Å²) in [6, 6.07) is 13.3. The van der Waals surface area contributed by atoms with E-state index in [0.29, 0.717) is 25.3 Å². The monoisotopic (exact) mass is 282 g/mol. The molecule has 1 aromatic heterocycles. The van der Waals surface area contributed by atoms with E-state index in [1.165, 1.54) is 0 Å². The van der Waals surface area contributed by atoms with E-state index in [0.717, 1.165) is 11.3 Å². The fourth-order valence-corrected chi connectivity index (χ4v) is 2.29. The highest BCUT2D eigenvalue weighted by atomic mass is 16.6. The molecule has 1 aliphatic rings. The first-order valence-corrected chi connectivity index (χ1v) is 6.69. The summed E-state index contributed by atoms with van der Waals surface area (Å²) >= 11 is 0. The molecule has 6 heteroatoms. The molecule has 0 saturated heterocycles. The molecule has 0 N–H and O–H groups in total. The molecule has 21 heavy (non-hydrogen) atoms. The lowest BCUT2D eigenvalue weighted by atomic mass is 10.2. The van der Waals surface area contributed by atoms with Crippen molar-refractivity contribution in [1.82, 2.24) is 14.7 Å². The van der Waals surface area contributed by atoms with E-state index in [4.69, 9.17) is 10.00 Å². The molecule has 0 bridgehead atoms. The standard InChI is InChI=1S/C15H14N4O2/c16-9-13-8-14-10-18(6-7-19(14)17-13)15(20)21-11-12-4-2-1-3-5-12/h1-5,8H,6-7,10-11H2. The Balaban J connectivity index is 1.60. The van der Waals surface area contributed by atoms with Gasteiger partial charge in [0, 0.05) is 6.54 Å². The number of carbonyl (C=O) groups is 1. The summed E-state index contributed by atoms with van der Waals surface area (Å²) in [6.07, 6.45) is -0.343. The molecule has 0 unspecified atom stereocenters. The minimum Gasteiger partial charge on any atom is -0.445 e. The SMILES string of the molecule is N#Cc1cc2n(n1)CCN(C(=O)OCc1ccccc1)C2. The summed E-state index contributed by atoms with van der Waals surface area (Å²) in [4.78, 5) is 13.7. The van der Waals surface area contributed by atoms with Gasteiger partial charge < -0.3 is 9.64 Å². The van der Waals surface area contributed by atoms with Crippen molar-refractivity contribution in [3.63, 3.8) is 0 Å². The zero-order chi connectivity index (χ0) is 14.7. The van der Waals surface area contributed by atoms with E-state index in [-0.39, 0.29) is 12.7 Å². The van der Waals surface area contributed by atoms with Crippen LogP contribution in [0.1, 0.15) is 17.0 Å². The van der Waals surface area contributed by atoms with Gasteiger partial charge in [-0.1, -0.05) is 30.3 Å². The van der Waals surface area contributed by atoms with Crippen LogP contribution in [-0.2, 0) is 24.4 Å². The summed E-state index contributed by atoms with van der Waals surface area (Å²) in [7, 11) is 0. The van der Waals surface area contributed by atoms with Crippen LogP contribution in [0.2, 0.25) is 0 Å². The van der Waals surface area contributed by atoms with Crippen molar-refractivity contribution in [2.45, 2.75) is 19.7 Å². The van der Waals surface area contributed by atoms with Gasteiger partial charge in [-0.2, -0.15) is 10.4 Å². The number of fused-ring (bicyclic) bond motifs is 1. The lowest BCUT2D eigenvalue weighted by Gasteiger charge is -2.26. The van der Waals surface area contributed by atoms with Crippen molar-refractivity contribution in [2.24, 2.45) is 0 Å². The van der Waals surface area contributed by atoms with Crippen LogP contribution < -0.4 is 0 Å². The zero-order valence-electron chi connectivity index (χ0n) is 11.4. The highest BCUT2D eigenvalue weighted by molar-refractivity contribution is 5.67. The molecule has 1 aliphatic heterocycles. The zero-order valence-corrected chi connectivity index (χ0v) is 11.4. The van der Waals surface area contributed by atoms with E-state index < -0.39 is 0 Å². The normalized spacial score (nSPS) is 13.4. The molecule has 3 rings (SSSR count). The lowest BCUT2D eigenvalue weighted by Crippen LogP contribution is -2.38. The van der Waals surface area contributed by atoms with E-state index in [1.54, 1.807) is 15.6 Å². The molecular formula is C15H14N4O2. The van der Waals surface area contributed by atoms with Crippen molar-refractivity contribution in [2.75, 3.05) is 6.54 Å². The first-order valence-electron chi connectivity index (χ1n) is 6.69. The lowest BCUT2D eigenvalue weighted by molar-refractivity contribution is 0.0858. The Hall–Kier alpha value is -2.81. The Kier molecular flexibility index (Phi) is 3.56. The van der Waals surface area contributed by atoms with Gasteiger partial charge in [-0.15, -0.1) is 0 Å². The maximum Gasteiger partial charge on any atom is 0.410 e. The second-order valence-electron chi connectivity index (χ2n) is 4.82. The number of hydrogen-bond acceptors (Lipinski definition) is 4. The predicted molar refractivity (Wildman–Crippen MR) is 74.0 cm³/mol. The van der Waals surface area contributed by atoms with Crippen LogP contribution in [0.5, 0.6) is 0 Å². The number of benzene rings is 1. The summed E-state index contributed by atoms with van der Waals surface area (Å²) < 4.78 is 7.07. The highest BCUT2D eigenvalue weighted by Gasteiger charge is 2.23. The number of nitriles is 1. The third kappa shape index (κ3) is 2.87. The van der Waals surface area contributed by atoms with Gasteiger partial charge >= 0.3 is 6.09 Å². The van der Waals surface area contributed by atoms with Crippen LogP contribution in [0.4, 0.5) is 4.79 Å². The molecule has 0 radical (unpaired) electrons. The van der Waals surface area contributed by atoms with Crippen molar-refractivity contribution < 1.29 is 9.53 Å². The predicted octanol–water partition coefficient (Wildman–Crippen LogP) is 1.91. The van der Waals surface area contributed by atoms with Crippen LogP contribution >= 0.6 is 0 Å².